The predicted molar refractivity (Wildman–Crippen MR) is 75.0 cm³/mol. The van der Waals surface area contributed by atoms with Gasteiger partial charge in [0.2, 0.25) is 0 Å². The summed E-state index contributed by atoms with van der Waals surface area (Å²) in [6, 6.07) is 12.8. The minimum absolute atomic E-state index is 0.559. The fourth-order valence-electron chi connectivity index (χ4n) is 1.61. The van der Waals surface area contributed by atoms with E-state index in [1.54, 1.807) is 18.2 Å². The maximum atomic E-state index is 8.88. The Kier molecular flexibility index (Phi) is 3.40. The first kappa shape index (κ1) is 12.3. The number of hydrogen-bond acceptors (Lipinski definition) is 3. The van der Waals surface area contributed by atoms with E-state index in [1.165, 1.54) is 0 Å². The highest BCUT2D eigenvalue weighted by atomic mass is 35.5. The Morgan fingerprint density at radius 2 is 1.94 bits per heavy atom. The summed E-state index contributed by atoms with van der Waals surface area (Å²) in [5, 5.41) is 12.6. The number of rotatable bonds is 2. The lowest BCUT2D eigenvalue weighted by Crippen LogP contribution is -1.96. The lowest BCUT2D eigenvalue weighted by Gasteiger charge is -2.12. The van der Waals surface area contributed by atoms with Crippen molar-refractivity contribution in [2.75, 3.05) is 11.1 Å². The summed E-state index contributed by atoms with van der Waals surface area (Å²) in [5.74, 6) is 0. The molecular weight excluding hydrogens is 246 g/mol. The molecular formula is C14H12ClN3. The molecule has 0 bridgehead atoms. The average molecular weight is 258 g/mol. The van der Waals surface area contributed by atoms with Gasteiger partial charge in [-0.15, -0.1) is 0 Å². The summed E-state index contributed by atoms with van der Waals surface area (Å²) in [6.07, 6.45) is 0. The van der Waals surface area contributed by atoms with E-state index >= 15 is 0 Å². The highest BCUT2D eigenvalue weighted by molar-refractivity contribution is 6.33. The van der Waals surface area contributed by atoms with Crippen molar-refractivity contribution in [1.82, 2.24) is 0 Å². The van der Waals surface area contributed by atoms with Gasteiger partial charge in [-0.3, -0.25) is 0 Å². The molecule has 0 saturated heterocycles. The van der Waals surface area contributed by atoms with Crippen LogP contribution in [0.25, 0.3) is 0 Å². The van der Waals surface area contributed by atoms with Crippen LogP contribution in [0.4, 0.5) is 17.1 Å². The number of hydrogen-bond donors (Lipinski definition) is 2. The smallest absolute Gasteiger partial charge is 0.0992 e. The van der Waals surface area contributed by atoms with Crippen LogP contribution in [0.2, 0.25) is 5.02 Å². The number of benzene rings is 2. The van der Waals surface area contributed by atoms with E-state index in [1.807, 2.05) is 25.1 Å². The minimum Gasteiger partial charge on any atom is -0.399 e. The van der Waals surface area contributed by atoms with E-state index in [4.69, 9.17) is 22.6 Å². The second-order valence-corrected chi connectivity index (χ2v) is 4.41. The van der Waals surface area contributed by atoms with Crippen LogP contribution in [0.1, 0.15) is 11.1 Å². The Hall–Kier alpha value is -2.18. The number of nitrogen functional groups attached to an aromatic ring is 1. The van der Waals surface area contributed by atoms with Crippen molar-refractivity contribution in [2.24, 2.45) is 0 Å². The van der Waals surface area contributed by atoms with Crippen LogP contribution in [-0.4, -0.2) is 0 Å². The molecule has 0 radical (unpaired) electrons. The quantitative estimate of drug-likeness (QED) is 0.804. The van der Waals surface area contributed by atoms with Gasteiger partial charge in [0.1, 0.15) is 0 Å². The van der Waals surface area contributed by atoms with E-state index in [0.29, 0.717) is 22.0 Å². The lowest BCUT2D eigenvalue weighted by molar-refractivity contribution is 1.42. The molecule has 0 aliphatic carbocycles. The molecule has 3 N–H and O–H groups in total. The number of aryl methyl sites for hydroxylation is 1. The Balaban J connectivity index is 2.39. The molecule has 90 valence electrons. The van der Waals surface area contributed by atoms with Crippen LogP contribution in [0.3, 0.4) is 0 Å². The van der Waals surface area contributed by atoms with Gasteiger partial charge in [0, 0.05) is 11.4 Å². The molecule has 0 heterocycles. The highest BCUT2D eigenvalue weighted by Crippen LogP contribution is 2.28. The number of anilines is 3. The second-order valence-electron chi connectivity index (χ2n) is 4.01. The molecule has 0 saturated carbocycles. The summed E-state index contributed by atoms with van der Waals surface area (Å²) in [7, 11) is 0. The van der Waals surface area contributed by atoms with Crippen molar-refractivity contribution in [3.05, 3.63) is 52.5 Å². The predicted octanol–water partition coefficient (Wildman–Crippen LogP) is 3.85. The number of halogens is 1. The Morgan fingerprint density at radius 3 is 2.67 bits per heavy atom. The molecule has 0 amide bonds. The minimum atomic E-state index is 0.559. The summed E-state index contributed by atoms with van der Waals surface area (Å²) < 4.78 is 0. The second kappa shape index (κ2) is 4.99. The molecule has 0 unspecified atom stereocenters. The normalized spacial score (nSPS) is 9.83. The summed E-state index contributed by atoms with van der Waals surface area (Å²) in [5.41, 5.74) is 9.62. The van der Waals surface area contributed by atoms with Crippen molar-refractivity contribution in [1.29, 1.82) is 5.26 Å². The maximum absolute atomic E-state index is 8.88. The monoisotopic (exact) mass is 257 g/mol. The van der Waals surface area contributed by atoms with Crippen LogP contribution in [0.5, 0.6) is 0 Å². The van der Waals surface area contributed by atoms with E-state index in [9.17, 15) is 0 Å². The van der Waals surface area contributed by atoms with Gasteiger partial charge >= 0.3 is 0 Å². The van der Waals surface area contributed by atoms with E-state index in [0.717, 1.165) is 11.3 Å². The Morgan fingerprint density at radius 1 is 1.17 bits per heavy atom. The van der Waals surface area contributed by atoms with E-state index in [-0.39, 0.29) is 0 Å². The molecule has 2 aromatic rings. The fraction of sp³-hybridized carbons (Fsp3) is 0.0714. The van der Waals surface area contributed by atoms with E-state index < -0.39 is 0 Å². The average Bonchev–Trinajstić information content (AvgIpc) is 2.36. The SMILES string of the molecule is Cc1ccc(N)cc1Nc1cc(C#N)ccc1Cl. The molecule has 0 aromatic heterocycles. The van der Waals surface area contributed by atoms with Crippen LogP contribution in [-0.2, 0) is 0 Å². The van der Waals surface area contributed by atoms with Crippen LogP contribution in [0.15, 0.2) is 36.4 Å². The van der Waals surface area contributed by atoms with Crippen molar-refractivity contribution < 1.29 is 0 Å². The molecule has 2 aromatic carbocycles. The number of nitrogens with zero attached hydrogens (tertiary/aromatic N) is 1. The summed E-state index contributed by atoms with van der Waals surface area (Å²) in [4.78, 5) is 0. The van der Waals surface area contributed by atoms with Crippen LogP contribution < -0.4 is 11.1 Å². The zero-order valence-electron chi connectivity index (χ0n) is 9.87. The summed E-state index contributed by atoms with van der Waals surface area (Å²) in [6.45, 7) is 1.98. The number of nitrogens with one attached hydrogen (secondary N) is 1. The van der Waals surface area contributed by atoms with E-state index in [2.05, 4.69) is 11.4 Å². The van der Waals surface area contributed by atoms with Crippen molar-refractivity contribution in [3.8, 4) is 6.07 Å². The number of nitriles is 1. The molecule has 18 heavy (non-hydrogen) atoms. The molecule has 2 rings (SSSR count). The third-order valence-corrected chi connectivity index (χ3v) is 2.96. The first-order chi connectivity index (χ1) is 8.60. The largest absolute Gasteiger partial charge is 0.399 e. The summed E-state index contributed by atoms with van der Waals surface area (Å²) >= 11 is 6.09. The standard InChI is InChI=1S/C14H12ClN3/c1-9-2-4-11(17)7-13(9)18-14-6-10(8-16)3-5-12(14)15/h2-7,18H,17H2,1H3. The topological polar surface area (TPSA) is 61.8 Å². The van der Waals surface area contributed by atoms with Gasteiger partial charge in [-0.05, 0) is 42.8 Å². The van der Waals surface area contributed by atoms with Crippen molar-refractivity contribution in [2.45, 2.75) is 6.92 Å². The molecule has 3 nitrogen and oxygen atoms in total. The van der Waals surface area contributed by atoms with Crippen molar-refractivity contribution in [3.63, 3.8) is 0 Å². The molecule has 0 atom stereocenters. The lowest BCUT2D eigenvalue weighted by atomic mass is 10.1. The third-order valence-electron chi connectivity index (χ3n) is 2.63. The van der Waals surface area contributed by atoms with Crippen molar-refractivity contribution >= 4 is 28.7 Å². The Labute approximate surface area is 111 Å². The van der Waals surface area contributed by atoms with Gasteiger partial charge in [0.15, 0.2) is 0 Å². The van der Waals surface area contributed by atoms with Gasteiger partial charge in [-0.2, -0.15) is 5.26 Å². The van der Waals surface area contributed by atoms with Gasteiger partial charge < -0.3 is 11.1 Å². The van der Waals surface area contributed by atoms with Gasteiger partial charge in [0.25, 0.3) is 0 Å². The van der Waals surface area contributed by atoms with Gasteiger partial charge in [-0.1, -0.05) is 17.7 Å². The van der Waals surface area contributed by atoms with Crippen LogP contribution >= 0.6 is 11.6 Å². The fourth-order valence-corrected chi connectivity index (χ4v) is 1.77. The zero-order chi connectivity index (χ0) is 13.1. The Bertz CT molecular complexity index is 629. The molecule has 0 spiro atoms. The number of nitrogens with two attached hydrogens (primary N) is 1. The molecule has 0 fully saturated rings. The first-order valence-electron chi connectivity index (χ1n) is 5.43. The molecule has 4 heteroatoms. The first-order valence-corrected chi connectivity index (χ1v) is 5.81. The zero-order valence-corrected chi connectivity index (χ0v) is 10.6. The third kappa shape index (κ3) is 2.55. The molecule has 0 aliphatic heterocycles. The maximum Gasteiger partial charge on any atom is 0.0992 e. The highest BCUT2D eigenvalue weighted by Gasteiger charge is 2.05. The van der Waals surface area contributed by atoms with Crippen LogP contribution in [0, 0.1) is 18.3 Å². The van der Waals surface area contributed by atoms with Gasteiger partial charge in [0.05, 0.1) is 22.3 Å². The molecule has 0 aliphatic rings. The van der Waals surface area contributed by atoms with Gasteiger partial charge in [-0.25, -0.2) is 0 Å².